The van der Waals surface area contributed by atoms with E-state index in [0.717, 1.165) is 31.7 Å². The highest BCUT2D eigenvalue weighted by Crippen LogP contribution is 2.07. The van der Waals surface area contributed by atoms with Crippen molar-refractivity contribution < 1.29 is 9.90 Å². The number of hydrogen-bond acceptors (Lipinski definition) is 3. The van der Waals surface area contributed by atoms with Crippen molar-refractivity contribution in [3.63, 3.8) is 0 Å². The van der Waals surface area contributed by atoms with Crippen molar-refractivity contribution in [1.29, 1.82) is 0 Å². The molecule has 1 aliphatic rings. The van der Waals surface area contributed by atoms with Gasteiger partial charge in [0.05, 0.1) is 12.2 Å². The van der Waals surface area contributed by atoms with Crippen LogP contribution < -0.4 is 0 Å². The molecule has 88 valence electrons. The smallest absolute Gasteiger partial charge is 0.255 e. The second kappa shape index (κ2) is 5.14. The van der Waals surface area contributed by atoms with Crippen molar-refractivity contribution in [3.05, 3.63) is 24.0 Å². The normalized spacial score (nSPS) is 17.7. The SMILES string of the molecule is O=C(c1cc[nH]c1)N1CCN(CCO)CC1. The number of nitrogens with one attached hydrogen (secondary N) is 1. The van der Waals surface area contributed by atoms with Gasteiger partial charge in [0.15, 0.2) is 0 Å². The van der Waals surface area contributed by atoms with E-state index in [4.69, 9.17) is 5.11 Å². The Labute approximate surface area is 94.7 Å². The van der Waals surface area contributed by atoms with Crippen LogP contribution in [0.3, 0.4) is 0 Å². The Morgan fingerprint density at radius 3 is 2.69 bits per heavy atom. The lowest BCUT2D eigenvalue weighted by Crippen LogP contribution is -2.49. The molecule has 1 saturated heterocycles. The molecule has 2 heterocycles. The number of H-pyrrole nitrogens is 1. The fourth-order valence-electron chi connectivity index (χ4n) is 1.96. The molecule has 1 aliphatic heterocycles. The van der Waals surface area contributed by atoms with E-state index < -0.39 is 0 Å². The van der Waals surface area contributed by atoms with Crippen LogP contribution in [0.25, 0.3) is 0 Å². The molecule has 0 aromatic carbocycles. The molecular formula is C11H17N3O2. The average Bonchev–Trinajstić information content (AvgIpc) is 2.83. The van der Waals surface area contributed by atoms with Gasteiger partial charge in [0.25, 0.3) is 5.91 Å². The fourth-order valence-corrected chi connectivity index (χ4v) is 1.96. The highest BCUT2D eigenvalue weighted by atomic mass is 16.3. The van der Waals surface area contributed by atoms with Crippen molar-refractivity contribution in [2.45, 2.75) is 0 Å². The predicted molar refractivity (Wildman–Crippen MR) is 60.2 cm³/mol. The van der Waals surface area contributed by atoms with Gasteiger partial charge in [-0.25, -0.2) is 0 Å². The van der Waals surface area contributed by atoms with Gasteiger partial charge in [0.2, 0.25) is 0 Å². The van der Waals surface area contributed by atoms with Gasteiger partial charge in [-0.15, -0.1) is 0 Å². The van der Waals surface area contributed by atoms with Crippen LogP contribution in [-0.2, 0) is 0 Å². The standard InChI is InChI=1S/C11H17N3O2/c15-8-7-13-3-5-14(6-4-13)11(16)10-1-2-12-9-10/h1-2,9,12,15H,3-8H2. The summed E-state index contributed by atoms with van der Waals surface area (Å²) < 4.78 is 0. The van der Waals surface area contributed by atoms with E-state index in [1.54, 1.807) is 18.5 Å². The lowest BCUT2D eigenvalue weighted by molar-refractivity contribution is 0.0615. The summed E-state index contributed by atoms with van der Waals surface area (Å²) in [6.45, 7) is 4.05. The second-order valence-corrected chi connectivity index (χ2v) is 3.96. The Kier molecular flexibility index (Phi) is 3.58. The first kappa shape index (κ1) is 11.2. The number of nitrogens with zero attached hydrogens (tertiary/aromatic N) is 2. The summed E-state index contributed by atoms with van der Waals surface area (Å²) in [5.41, 5.74) is 0.718. The maximum Gasteiger partial charge on any atom is 0.255 e. The summed E-state index contributed by atoms with van der Waals surface area (Å²) in [5.74, 6) is 0.0879. The molecule has 1 fully saturated rings. The molecule has 1 aromatic rings. The number of aliphatic hydroxyl groups excluding tert-OH is 1. The van der Waals surface area contributed by atoms with Crippen molar-refractivity contribution in [1.82, 2.24) is 14.8 Å². The summed E-state index contributed by atoms with van der Waals surface area (Å²) in [6, 6.07) is 1.79. The lowest BCUT2D eigenvalue weighted by atomic mass is 10.2. The van der Waals surface area contributed by atoms with E-state index in [9.17, 15) is 4.79 Å². The summed E-state index contributed by atoms with van der Waals surface area (Å²) in [4.78, 5) is 18.9. The molecule has 16 heavy (non-hydrogen) atoms. The third kappa shape index (κ3) is 2.43. The predicted octanol–water partition coefficient (Wildman–Crippen LogP) is -0.235. The van der Waals surface area contributed by atoms with Gasteiger partial charge < -0.3 is 15.0 Å². The number of aliphatic hydroxyl groups is 1. The second-order valence-electron chi connectivity index (χ2n) is 3.96. The zero-order chi connectivity index (χ0) is 11.4. The monoisotopic (exact) mass is 223 g/mol. The number of amides is 1. The maximum absolute atomic E-state index is 12.0. The summed E-state index contributed by atoms with van der Waals surface area (Å²) >= 11 is 0. The van der Waals surface area contributed by atoms with Crippen LogP contribution in [0, 0.1) is 0 Å². The number of aromatic amines is 1. The first-order valence-corrected chi connectivity index (χ1v) is 5.56. The Morgan fingerprint density at radius 2 is 2.12 bits per heavy atom. The molecule has 1 aromatic heterocycles. The fraction of sp³-hybridized carbons (Fsp3) is 0.545. The highest BCUT2D eigenvalue weighted by molar-refractivity contribution is 5.94. The molecule has 0 aliphatic carbocycles. The van der Waals surface area contributed by atoms with E-state index >= 15 is 0 Å². The van der Waals surface area contributed by atoms with E-state index in [-0.39, 0.29) is 12.5 Å². The van der Waals surface area contributed by atoms with Crippen molar-refractivity contribution >= 4 is 5.91 Å². The van der Waals surface area contributed by atoms with Gasteiger partial charge in [-0.1, -0.05) is 0 Å². The Balaban J connectivity index is 1.87. The Morgan fingerprint density at radius 1 is 1.38 bits per heavy atom. The zero-order valence-electron chi connectivity index (χ0n) is 9.22. The van der Waals surface area contributed by atoms with Crippen LogP contribution in [0.4, 0.5) is 0 Å². The molecule has 1 amide bonds. The van der Waals surface area contributed by atoms with E-state index in [1.165, 1.54) is 0 Å². The molecule has 2 N–H and O–H groups in total. The van der Waals surface area contributed by atoms with Crippen LogP contribution >= 0.6 is 0 Å². The van der Waals surface area contributed by atoms with Crippen LogP contribution in [0.15, 0.2) is 18.5 Å². The zero-order valence-corrected chi connectivity index (χ0v) is 9.22. The molecule has 0 unspecified atom stereocenters. The van der Waals surface area contributed by atoms with Gasteiger partial charge in [-0.05, 0) is 6.07 Å². The molecule has 0 radical (unpaired) electrons. The molecule has 5 heteroatoms. The van der Waals surface area contributed by atoms with Gasteiger partial charge in [0.1, 0.15) is 0 Å². The number of rotatable bonds is 3. The quantitative estimate of drug-likeness (QED) is 0.744. The third-order valence-corrected chi connectivity index (χ3v) is 2.92. The summed E-state index contributed by atoms with van der Waals surface area (Å²) in [7, 11) is 0. The number of carbonyl (C=O) groups is 1. The molecule has 0 bridgehead atoms. The first-order chi connectivity index (χ1) is 7.81. The van der Waals surface area contributed by atoms with Gasteiger partial charge in [-0.3, -0.25) is 9.69 Å². The minimum atomic E-state index is 0.0879. The molecule has 0 spiro atoms. The van der Waals surface area contributed by atoms with Gasteiger partial charge in [-0.2, -0.15) is 0 Å². The minimum Gasteiger partial charge on any atom is -0.395 e. The largest absolute Gasteiger partial charge is 0.395 e. The molecule has 2 rings (SSSR count). The maximum atomic E-state index is 12.0. The van der Waals surface area contributed by atoms with Gasteiger partial charge >= 0.3 is 0 Å². The van der Waals surface area contributed by atoms with Crippen LogP contribution in [0.2, 0.25) is 0 Å². The van der Waals surface area contributed by atoms with Crippen LogP contribution in [-0.4, -0.2) is 65.1 Å². The van der Waals surface area contributed by atoms with Gasteiger partial charge in [0, 0.05) is 45.1 Å². The van der Waals surface area contributed by atoms with E-state index in [1.807, 2.05) is 4.90 Å². The van der Waals surface area contributed by atoms with E-state index in [2.05, 4.69) is 9.88 Å². The van der Waals surface area contributed by atoms with Crippen LogP contribution in [0.5, 0.6) is 0 Å². The van der Waals surface area contributed by atoms with Crippen LogP contribution in [0.1, 0.15) is 10.4 Å². The average molecular weight is 223 g/mol. The van der Waals surface area contributed by atoms with Crippen molar-refractivity contribution in [3.8, 4) is 0 Å². The summed E-state index contributed by atoms with van der Waals surface area (Å²) in [5, 5.41) is 8.82. The molecular weight excluding hydrogens is 206 g/mol. The number of carbonyl (C=O) groups excluding carboxylic acids is 1. The number of β-amino-alcohol motifs (C(OH)–C–C–N with tert-alkyl or cyclic N) is 1. The number of hydrogen-bond donors (Lipinski definition) is 2. The summed E-state index contributed by atoms with van der Waals surface area (Å²) in [6.07, 6.45) is 3.48. The molecule has 0 saturated carbocycles. The Bertz CT molecular complexity index is 329. The van der Waals surface area contributed by atoms with Crippen molar-refractivity contribution in [2.75, 3.05) is 39.3 Å². The van der Waals surface area contributed by atoms with E-state index in [0.29, 0.717) is 6.54 Å². The minimum absolute atomic E-state index is 0.0879. The first-order valence-electron chi connectivity index (χ1n) is 5.56. The van der Waals surface area contributed by atoms with Crippen molar-refractivity contribution in [2.24, 2.45) is 0 Å². The third-order valence-electron chi connectivity index (χ3n) is 2.92. The lowest BCUT2D eigenvalue weighted by Gasteiger charge is -2.34. The Hall–Kier alpha value is -1.33. The topological polar surface area (TPSA) is 59.6 Å². The number of aromatic nitrogens is 1. The number of piperazine rings is 1. The highest BCUT2D eigenvalue weighted by Gasteiger charge is 2.21. The molecule has 5 nitrogen and oxygen atoms in total. The molecule has 0 atom stereocenters.